The standard InChI is InChI=1S/C22H21NO7/c1-12-5-7-17-15(9-12)16(24)11-20(30-17)22(26)29-13(2)21(25)23-14-6-8-18(27-3)19(10-14)28-4/h5-11,13H,1-4H3,(H,23,25)/t13-/m0/s1. The first-order valence-corrected chi connectivity index (χ1v) is 9.10. The number of anilines is 1. The second-order valence-electron chi connectivity index (χ2n) is 6.58. The van der Waals surface area contributed by atoms with Gasteiger partial charge in [0.15, 0.2) is 23.0 Å². The van der Waals surface area contributed by atoms with Crippen LogP contribution < -0.4 is 20.2 Å². The topological polar surface area (TPSA) is 104 Å². The number of benzene rings is 2. The predicted octanol–water partition coefficient (Wildman–Crippen LogP) is 3.30. The number of hydrogen-bond donors (Lipinski definition) is 1. The lowest BCUT2D eigenvalue weighted by Gasteiger charge is -2.14. The molecule has 0 radical (unpaired) electrons. The van der Waals surface area contributed by atoms with Crippen LogP contribution in [0.2, 0.25) is 0 Å². The molecule has 8 heteroatoms. The van der Waals surface area contributed by atoms with Gasteiger partial charge in [-0.25, -0.2) is 4.79 Å². The summed E-state index contributed by atoms with van der Waals surface area (Å²) in [5, 5.41) is 2.99. The molecule has 0 saturated carbocycles. The SMILES string of the molecule is COc1ccc(NC(=O)[C@H](C)OC(=O)c2cc(=O)c3cc(C)ccc3o2)cc1OC. The molecule has 0 spiro atoms. The number of nitrogens with one attached hydrogen (secondary N) is 1. The highest BCUT2D eigenvalue weighted by Crippen LogP contribution is 2.29. The van der Waals surface area contributed by atoms with E-state index in [9.17, 15) is 14.4 Å². The Hall–Kier alpha value is -3.81. The minimum Gasteiger partial charge on any atom is -0.493 e. The first-order chi connectivity index (χ1) is 14.3. The molecule has 30 heavy (non-hydrogen) atoms. The Balaban J connectivity index is 1.72. The van der Waals surface area contributed by atoms with Crippen LogP contribution in [0.4, 0.5) is 5.69 Å². The molecule has 2 aromatic carbocycles. The quantitative estimate of drug-likeness (QED) is 0.621. The Morgan fingerprint density at radius 1 is 1.00 bits per heavy atom. The van der Waals surface area contributed by atoms with E-state index in [0.717, 1.165) is 11.6 Å². The summed E-state index contributed by atoms with van der Waals surface area (Å²) in [6, 6.07) is 10.9. The van der Waals surface area contributed by atoms with Crippen LogP contribution >= 0.6 is 0 Å². The Kier molecular flexibility index (Phi) is 6.06. The number of aryl methyl sites for hydroxylation is 1. The van der Waals surface area contributed by atoms with E-state index in [4.69, 9.17) is 18.6 Å². The number of esters is 1. The molecule has 0 fully saturated rings. The largest absolute Gasteiger partial charge is 0.493 e. The predicted molar refractivity (Wildman–Crippen MR) is 110 cm³/mol. The van der Waals surface area contributed by atoms with Gasteiger partial charge in [-0.15, -0.1) is 0 Å². The highest BCUT2D eigenvalue weighted by Gasteiger charge is 2.22. The summed E-state index contributed by atoms with van der Waals surface area (Å²) in [7, 11) is 2.98. The van der Waals surface area contributed by atoms with Gasteiger partial charge in [0.25, 0.3) is 5.91 Å². The summed E-state index contributed by atoms with van der Waals surface area (Å²) in [4.78, 5) is 37.0. The molecule has 0 aliphatic carbocycles. The van der Waals surface area contributed by atoms with Gasteiger partial charge < -0.3 is 23.9 Å². The zero-order valence-electron chi connectivity index (χ0n) is 17.0. The van der Waals surface area contributed by atoms with Gasteiger partial charge in [0.2, 0.25) is 5.76 Å². The van der Waals surface area contributed by atoms with Crippen molar-refractivity contribution in [1.29, 1.82) is 0 Å². The molecule has 156 valence electrons. The third-order valence-corrected chi connectivity index (χ3v) is 4.39. The minimum atomic E-state index is -1.13. The number of carbonyl (C=O) groups excluding carboxylic acids is 2. The Morgan fingerprint density at radius 2 is 1.73 bits per heavy atom. The van der Waals surface area contributed by atoms with Gasteiger partial charge in [-0.2, -0.15) is 0 Å². The molecule has 1 atom stereocenters. The molecular formula is C22H21NO7. The van der Waals surface area contributed by atoms with Gasteiger partial charge in [0.1, 0.15) is 5.58 Å². The lowest BCUT2D eigenvalue weighted by atomic mass is 10.1. The smallest absolute Gasteiger partial charge is 0.375 e. The molecule has 0 saturated heterocycles. The van der Waals surface area contributed by atoms with E-state index < -0.39 is 18.0 Å². The zero-order valence-corrected chi connectivity index (χ0v) is 17.0. The summed E-state index contributed by atoms with van der Waals surface area (Å²) < 4.78 is 21.0. The fourth-order valence-corrected chi connectivity index (χ4v) is 2.80. The molecule has 0 bridgehead atoms. The number of hydrogen-bond acceptors (Lipinski definition) is 7. The van der Waals surface area contributed by atoms with Crippen molar-refractivity contribution < 1.29 is 28.2 Å². The van der Waals surface area contributed by atoms with E-state index in [0.29, 0.717) is 22.6 Å². The fraction of sp³-hybridized carbons (Fsp3) is 0.227. The molecule has 1 aromatic heterocycles. The van der Waals surface area contributed by atoms with Crippen molar-refractivity contribution in [1.82, 2.24) is 0 Å². The van der Waals surface area contributed by atoms with Crippen LogP contribution in [0.1, 0.15) is 23.0 Å². The van der Waals surface area contributed by atoms with Gasteiger partial charge in [0, 0.05) is 17.8 Å². The summed E-state index contributed by atoms with van der Waals surface area (Å²) in [6.45, 7) is 3.26. The van der Waals surface area contributed by atoms with Gasteiger partial charge in [-0.1, -0.05) is 11.6 Å². The fourth-order valence-electron chi connectivity index (χ4n) is 2.80. The highest BCUT2D eigenvalue weighted by molar-refractivity contribution is 5.97. The summed E-state index contributed by atoms with van der Waals surface area (Å²) in [6.07, 6.45) is -1.13. The number of ether oxygens (including phenoxy) is 3. The molecule has 0 unspecified atom stereocenters. The highest BCUT2D eigenvalue weighted by atomic mass is 16.6. The van der Waals surface area contributed by atoms with Crippen LogP contribution in [-0.4, -0.2) is 32.2 Å². The van der Waals surface area contributed by atoms with Crippen LogP contribution in [0.15, 0.2) is 51.7 Å². The van der Waals surface area contributed by atoms with Crippen LogP contribution in [0.3, 0.4) is 0 Å². The second kappa shape index (κ2) is 8.69. The minimum absolute atomic E-state index is 0.266. The van der Waals surface area contributed by atoms with E-state index in [1.807, 2.05) is 6.92 Å². The van der Waals surface area contributed by atoms with Crippen molar-refractivity contribution in [3.63, 3.8) is 0 Å². The molecule has 1 N–H and O–H groups in total. The van der Waals surface area contributed by atoms with Gasteiger partial charge in [-0.3, -0.25) is 9.59 Å². The third-order valence-electron chi connectivity index (χ3n) is 4.39. The number of fused-ring (bicyclic) bond motifs is 1. The maximum atomic E-state index is 12.4. The van der Waals surface area contributed by atoms with Crippen molar-refractivity contribution in [3.05, 3.63) is 64.0 Å². The van der Waals surface area contributed by atoms with E-state index in [1.165, 1.54) is 21.1 Å². The number of methoxy groups -OCH3 is 2. The maximum Gasteiger partial charge on any atom is 0.375 e. The molecule has 1 amide bonds. The number of carbonyl (C=O) groups is 2. The summed E-state index contributed by atoms with van der Waals surface area (Å²) in [5.41, 5.74) is 1.23. The van der Waals surface area contributed by atoms with Crippen molar-refractivity contribution in [2.45, 2.75) is 20.0 Å². The van der Waals surface area contributed by atoms with Crippen molar-refractivity contribution in [2.75, 3.05) is 19.5 Å². The van der Waals surface area contributed by atoms with Gasteiger partial charge >= 0.3 is 5.97 Å². The Labute approximate surface area is 172 Å². The molecule has 8 nitrogen and oxygen atoms in total. The zero-order chi connectivity index (χ0) is 21.8. The maximum absolute atomic E-state index is 12.4. The Morgan fingerprint density at radius 3 is 2.43 bits per heavy atom. The molecule has 1 heterocycles. The molecule has 3 aromatic rings. The summed E-state index contributed by atoms with van der Waals surface area (Å²) >= 11 is 0. The van der Waals surface area contributed by atoms with Crippen LogP contribution in [0, 0.1) is 6.92 Å². The van der Waals surface area contributed by atoms with Crippen LogP contribution in [0.5, 0.6) is 11.5 Å². The van der Waals surface area contributed by atoms with E-state index in [2.05, 4.69) is 5.32 Å². The average Bonchev–Trinajstić information content (AvgIpc) is 2.73. The average molecular weight is 411 g/mol. The van der Waals surface area contributed by atoms with Gasteiger partial charge in [-0.05, 0) is 38.1 Å². The first-order valence-electron chi connectivity index (χ1n) is 9.10. The summed E-state index contributed by atoms with van der Waals surface area (Å²) in [5.74, 6) is -0.800. The van der Waals surface area contributed by atoms with Crippen LogP contribution in [-0.2, 0) is 9.53 Å². The van der Waals surface area contributed by atoms with Crippen molar-refractivity contribution >= 4 is 28.5 Å². The number of amides is 1. The third kappa shape index (κ3) is 4.43. The lowest BCUT2D eigenvalue weighted by Crippen LogP contribution is -2.30. The molecule has 3 rings (SSSR count). The lowest BCUT2D eigenvalue weighted by molar-refractivity contribution is -0.123. The van der Waals surface area contributed by atoms with E-state index >= 15 is 0 Å². The van der Waals surface area contributed by atoms with E-state index in [1.54, 1.807) is 36.4 Å². The normalized spacial score (nSPS) is 11.6. The Bertz CT molecular complexity index is 1170. The van der Waals surface area contributed by atoms with Gasteiger partial charge in [0.05, 0.1) is 19.6 Å². The molecule has 0 aliphatic heterocycles. The van der Waals surface area contributed by atoms with Crippen LogP contribution in [0.25, 0.3) is 11.0 Å². The monoisotopic (exact) mass is 411 g/mol. The van der Waals surface area contributed by atoms with E-state index in [-0.39, 0.29) is 16.8 Å². The molecular weight excluding hydrogens is 390 g/mol. The second-order valence-corrected chi connectivity index (χ2v) is 6.58. The van der Waals surface area contributed by atoms with Crippen molar-refractivity contribution in [2.24, 2.45) is 0 Å². The number of rotatable bonds is 6. The molecule has 0 aliphatic rings. The van der Waals surface area contributed by atoms with Crippen molar-refractivity contribution in [3.8, 4) is 11.5 Å². The first kappa shape index (κ1) is 20.9.